The lowest BCUT2D eigenvalue weighted by Gasteiger charge is -2.32. The largest absolute Gasteiger partial charge is 0.468 e. The van der Waals surface area contributed by atoms with E-state index < -0.39 is 0 Å². The lowest BCUT2D eigenvalue weighted by Crippen LogP contribution is -2.43. The number of rotatable bonds is 6. The summed E-state index contributed by atoms with van der Waals surface area (Å²) >= 11 is 0. The van der Waals surface area contributed by atoms with Crippen LogP contribution in [0.5, 0.6) is 0 Å². The normalized spacial score (nSPS) is 17.6. The molecule has 5 rings (SSSR count). The summed E-state index contributed by atoms with van der Waals surface area (Å²) in [6.45, 7) is 3.70. The molecule has 1 aromatic carbocycles. The molecule has 1 atom stereocenters. The van der Waals surface area contributed by atoms with Crippen LogP contribution in [0.2, 0.25) is 0 Å². The van der Waals surface area contributed by atoms with Gasteiger partial charge in [0.15, 0.2) is 17.0 Å². The highest BCUT2D eigenvalue weighted by molar-refractivity contribution is 5.84. The van der Waals surface area contributed by atoms with Crippen LogP contribution in [0, 0.1) is 0 Å². The Labute approximate surface area is 167 Å². The summed E-state index contributed by atoms with van der Waals surface area (Å²) in [6.07, 6.45) is 3.23. The van der Waals surface area contributed by atoms with Gasteiger partial charge in [0.2, 0.25) is 0 Å². The van der Waals surface area contributed by atoms with Crippen molar-refractivity contribution in [2.24, 2.45) is 0 Å². The van der Waals surface area contributed by atoms with Crippen molar-refractivity contribution in [3.05, 3.63) is 60.8 Å². The number of hydrogen-bond donors (Lipinski definition) is 1. The molecular formula is C20H21N7O2. The van der Waals surface area contributed by atoms with Gasteiger partial charge in [0, 0.05) is 18.8 Å². The Kier molecular flexibility index (Phi) is 4.89. The molecule has 0 spiro atoms. The summed E-state index contributed by atoms with van der Waals surface area (Å²) in [5.41, 5.74) is 2.26. The molecule has 0 saturated carbocycles. The van der Waals surface area contributed by atoms with Crippen LogP contribution >= 0.6 is 0 Å². The molecule has 0 amide bonds. The maximum atomic E-state index is 5.96. The first kappa shape index (κ1) is 17.8. The van der Waals surface area contributed by atoms with Crippen molar-refractivity contribution in [2.45, 2.75) is 19.2 Å². The van der Waals surface area contributed by atoms with Crippen LogP contribution in [0.15, 0.2) is 59.5 Å². The fourth-order valence-electron chi connectivity index (χ4n) is 3.51. The Morgan fingerprint density at radius 2 is 2.03 bits per heavy atom. The molecule has 3 aromatic heterocycles. The zero-order valence-electron chi connectivity index (χ0n) is 15.8. The van der Waals surface area contributed by atoms with Crippen LogP contribution < -0.4 is 5.32 Å². The van der Waals surface area contributed by atoms with Crippen LogP contribution in [0.3, 0.4) is 0 Å². The Morgan fingerprint density at radius 1 is 1.10 bits per heavy atom. The number of furan rings is 1. The Hall–Kier alpha value is -3.30. The Balaban J connectivity index is 1.31. The van der Waals surface area contributed by atoms with E-state index in [4.69, 9.17) is 9.15 Å². The van der Waals surface area contributed by atoms with Gasteiger partial charge in [-0.15, -0.1) is 5.10 Å². The summed E-state index contributed by atoms with van der Waals surface area (Å²) in [7, 11) is 0. The molecule has 0 radical (unpaired) electrons. The molecule has 0 aliphatic carbocycles. The molecule has 4 heterocycles. The fraction of sp³-hybridized carbons (Fsp3) is 0.300. The van der Waals surface area contributed by atoms with Crippen LogP contribution in [0.1, 0.15) is 5.76 Å². The second-order valence-corrected chi connectivity index (χ2v) is 6.96. The van der Waals surface area contributed by atoms with E-state index in [-0.39, 0.29) is 6.10 Å². The van der Waals surface area contributed by atoms with Crippen LogP contribution in [0.4, 0.5) is 11.5 Å². The van der Waals surface area contributed by atoms with E-state index >= 15 is 0 Å². The molecule has 148 valence electrons. The summed E-state index contributed by atoms with van der Waals surface area (Å²) in [4.78, 5) is 11.0. The van der Waals surface area contributed by atoms with Crippen molar-refractivity contribution in [3.8, 4) is 0 Å². The van der Waals surface area contributed by atoms with Gasteiger partial charge in [-0.3, -0.25) is 4.90 Å². The molecule has 1 fully saturated rings. The van der Waals surface area contributed by atoms with Crippen molar-refractivity contribution in [2.75, 3.05) is 25.0 Å². The number of nitrogens with zero attached hydrogens (tertiary/aromatic N) is 6. The lowest BCUT2D eigenvalue weighted by molar-refractivity contribution is -0.0415. The van der Waals surface area contributed by atoms with Crippen LogP contribution in [0.25, 0.3) is 11.2 Å². The van der Waals surface area contributed by atoms with Gasteiger partial charge in [0.05, 0.1) is 32.1 Å². The van der Waals surface area contributed by atoms with Gasteiger partial charge in [0.1, 0.15) is 12.1 Å². The topological polar surface area (TPSA) is 94.1 Å². The first-order valence-electron chi connectivity index (χ1n) is 9.58. The number of ether oxygens (including phenoxy) is 1. The number of nitrogens with one attached hydrogen (secondary N) is 1. The minimum absolute atomic E-state index is 0.00381. The molecule has 0 unspecified atom stereocenters. The van der Waals surface area contributed by atoms with Crippen molar-refractivity contribution >= 4 is 22.7 Å². The van der Waals surface area contributed by atoms with Gasteiger partial charge in [-0.1, -0.05) is 23.4 Å². The van der Waals surface area contributed by atoms with E-state index in [0.717, 1.165) is 31.1 Å². The Bertz CT molecular complexity index is 1070. The van der Waals surface area contributed by atoms with Crippen molar-refractivity contribution in [1.82, 2.24) is 29.9 Å². The molecule has 29 heavy (non-hydrogen) atoms. The third-order valence-electron chi connectivity index (χ3n) is 4.90. The zero-order valence-corrected chi connectivity index (χ0v) is 15.8. The van der Waals surface area contributed by atoms with E-state index in [2.05, 4.69) is 30.5 Å². The lowest BCUT2D eigenvalue weighted by atomic mass is 10.2. The first-order valence-corrected chi connectivity index (χ1v) is 9.58. The van der Waals surface area contributed by atoms with Crippen LogP contribution in [-0.4, -0.2) is 55.7 Å². The zero-order chi connectivity index (χ0) is 19.5. The summed E-state index contributed by atoms with van der Waals surface area (Å²) in [6, 6.07) is 13.8. The summed E-state index contributed by atoms with van der Waals surface area (Å²) in [5.74, 6) is 1.60. The molecule has 1 N–H and O–H groups in total. The highest BCUT2D eigenvalue weighted by atomic mass is 16.5. The maximum absolute atomic E-state index is 5.96. The molecular weight excluding hydrogens is 370 g/mol. The minimum atomic E-state index is 0.00381. The molecule has 9 heteroatoms. The van der Waals surface area contributed by atoms with E-state index in [1.165, 1.54) is 6.33 Å². The first-order chi connectivity index (χ1) is 14.3. The second kappa shape index (κ2) is 7.98. The fourth-order valence-corrected chi connectivity index (χ4v) is 3.51. The van der Waals surface area contributed by atoms with E-state index in [9.17, 15) is 0 Å². The number of para-hydroxylation sites is 1. The standard InChI is InChI=1S/C20H21N7O2/c1-2-5-15(6-3-1)23-19-18-20(22-14-21-19)27(25-24-18)13-17-12-26(8-10-29-17)11-16-7-4-9-28-16/h1-7,9,14,17H,8,10-13H2,(H,21,22,23)/t17-/m1/s1. The Morgan fingerprint density at radius 3 is 2.90 bits per heavy atom. The van der Waals surface area contributed by atoms with Crippen LogP contribution in [-0.2, 0) is 17.8 Å². The van der Waals surface area contributed by atoms with Gasteiger partial charge < -0.3 is 14.5 Å². The number of morpholine rings is 1. The predicted molar refractivity (Wildman–Crippen MR) is 107 cm³/mol. The quantitative estimate of drug-likeness (QED) is 0.536. The second-order valence-electron chi connectivity index (χ2n) is 6.96. The van der Waals surface area contributed by atoms with E-state index in [0.29, 0.717) is 30.1 Å². The number of anilines is 2. The highest BCUT2D eigenvalue weighted by Gasteiger charge is 2.23. The average Bonchev–Trinajstić information content (AvgIpc) is 3.40. The smallest absolute Gasteiger partial charge is 0.183 e. The monoisotopic (exact) mass is 391 g/mol. The molecule has 4 aromatic rings. The van der Waals surface area contributed by atoms with E-state index in [1.807, 2.05) is 42.5 Å². The molecule has 1 aliphatic rings. The molecule has 1 aliphatic heterocycles. The minimum Gasteiger partial charge on any atom is -0.468 e. The number of fused-ring (bicyclic) bond motifs is 1. The molecule has 0 bridgehead atoms. The van der Waals surface area contributed by atoms with Gasteiger partial charge in [-0.2, -0.15) is 0 Å². The van der Waals surface area contributed by atoms with Crippen molar-refractivity contribution in [1.29, 1.82) is 0 Å². The van der Waals surface area contributed by atoms with Crippen molar-refractivity contribution in [3.63, 3.8) is 0 Å². The number of benzene rings is 1. The summed E-state index contributed by atoms with van der Waals surface area (Å²) < 4.78 is 13.2. The van der Waals surface area contributed by atoms with Gasteiger partial charge in [-0.25, -0.2) is 14.6 Å². The van der Waals surface area contributed by atoms with Crippen molar-refractivity contribution < 1.29 is 9.15 Å². The van der Waals surface area contributed by atoms with E-state index in [1.54, 1.807) is 10.9 Å². The van der Waals surface area contributed by atoms with Gasteiger partial charge in [0.25, 0.3) is 0 Å². The number of aromatic nitrogens is 5. The predicted octanol–water partition coefficient (Wildman–Crippen LogP) is 2.46. The SMILES string of the molecule is c1ccc(Nc2ncnc3c2nnn3C[C@H]2CN(Cc3ccco3)CCO2)cc1. The third-order valence-corrected chi connectivity index (χ3v) is 4.90. The number of hydrogen-bond acceptors (Lipinski definition) is 8. The summed E-state index contributed by atoms with van der Waals surface area (Å²) in [5, 5.41) is 11.9. The van der Waals surface area contributed by atoms with Gasteiger partial charge >= 0.3 is 0 Å². The molecule has 9 nitrogen and oxygen atoms in total. The van der Waals surface area contributed by atoms with Gasteiger partial charge in [-0.05, 0) is 24.3 Å². The maximum Gasteiger partial charge on any atom is 0.183 e. The third kappa shape index (κ3) is 3.96. The average molecular weight is 391 g/mol. The molecule has 1 saturated heterocycles. The highest BCUT2D eigenvalue weighted by Crippen LogP contribution is 2.21.